The van der Waals surface area contributed by atoms with Crippen molar-refractivity contribution in [1.29, 1.82) is 0 Å². The summed E-state index contributed by atoms with van der Waals surface area (Å²) in [4.78, 5) is 16.9. The van der Waals surface area contributed by atoms with Crippen LogP contribution in [0.15, 0.2) is 41.5 Å². The molecule has 26 heavy (non-hydrogen) atoms. The number of ketones is 1. The van der Waals surface area contributed by atoms with Crippen LogP contribution >= 0.6 is 0 Å². The number of aryl methyl sites for hydroxylation is 2. The van der Waals surface area contributed by atoms with Crippen molar-refractivity contribution in [3.63, 3.8) is 0 Å². The Morgan fingerprint density at radius 2 is 1.88 bits per heavy atom. The zero-order valence-corrected chi connectivity index (χ0v) is 15.4. The molecule has 2 aromatic heterocycles. The maximum absolute atomic E-state index is 11.9. The number of hydrogen-bond donors (Lipinski definition) is 0. The molecule has 0 radical (unpaired) electrons. The van der Waals surface area contributed by atoms with Gasteiger partial charge in [-0.15, -0.1) is 10.2 Å². The molecule has 0 spiro atoms. The maximum atomic E-state index is 11.9. The molecule has 132 valence electrons. The van der Waals surface area contributed by atoms with E-state index >= 15 is 0 Å². The van der Waals surface area contributed by atoms with E-state index in [1.165, 1.54) is 0 Å². The van der Waals surface area contributed by atoms with Crippen LogP contribution in [0.2, 0.25) is 0 Å². The van der Waals surface area contributed by atoms with Crippen LogP contribution < -0.4 is 0 Å². The van der Waals surface area contributed by atoms with Gasteiger partial charge in [-0.3, -0.25) is 14.4 Å². The topological polar surface area (TPSA) is 65.1 Å². The van der Waals surface area contributed by atoms with Gasteiger partial charge in [-0.1, -0.05) is 30.3 Å². The maximum Gasteiger partial charge on any atom is 0.163 e. The van der Waals surface area contributed by atoms with Crippen molar-refractivity contribution in [2.24, 2.45) is 12.0 Å². The predicted molar refractivity (Wildman–Crippen MR) is 99.9 cm³/mol. The number of Topliss-reactive ketones (excluding diaryl/α,β-unsaturated/α-hetero) is 1. The summed E-state index contributed by atoms with van der Waals surface area (Å²) in [5, 5.41) is 8.62. The molecule has 1 aromatic carbocycles. The normalized spacial score (nSPS) is 15.8. The average molecular weight is 347 g/mol. The summed E-state index contributed by atoms with van der Waals surface area (Å²) in [5.41, 5.74) is 5.12. The predicted octanol–water partition coefficient (Wildman–Crippen LogP) is 3.09. The third-order valence-corrected chi connectivity index (χ3v) is 4.90. The standard InChI is InChI=1S/C20H21N5O/c1-12(26)10-16-20-23-22-14(3)25(20)17-11-24(4)13(2)18(17)19(21-16)15-8-6-5-7-9-15/h5-9,11,16H,10H2,1-4H3/t16-/m0/s1. The number of aliphatic imine (C=N–C) groups is 1. The Bertz CT molecular complexity index is 1030. The van der Waals surface area contributed by atoms with E-state index in [2.05, 4.69) is 40.0 Å². The van der Waals surface area contributed by atoms with Crippen molar-refractivity contribution in [2.75, 3.05) is 0 Å². The number of aromatic nitrogens is 4. The molecule has 6 nitrogen and oxygen atoms in total. The van der Waals surface area contributed by atoms with Crippen molar-refractivity contribution >= 4 is 11.5 Å². The first-order valence-electron chi connectivity index (χ1n) is 8.68. The Morgan fingerprint density at radius 1 is 1.15 bits per heavy atom. The molecule has 1 aliphatic rings. The minimum absolute atomic E-state index is 0.0854. The number of carbonyl (C=O) groups is 1. The van der Waals surface area contributed by atoms with Crippen molar-refractivity contribution in [3.05, 3.63) is 65.0 Å². The summed E-state index contributed by atoms with van der Waals surface area (Å²) >= 11 is 0. The van der Waals surface area contributed by atoms with Gasteiger partial charge in [0.25, 0.3) is 0 Å². The van der Waals surface area contributed by atoms with E-state index in [0.717, 1.165) is 39.9 Å². The second-order valence-electron chi connectivity index (χ2n) is 6.79. The Hall–Kier alpha value is -3.02. The smallest absolute Gasteiger partial charge is 0.163 e. The highest BCUT2D eigenvalue weighted by molar-refractivity contribution is 6.16. The Labute approximate surface area is 152 Å². The largest absolute Gasteiger partial charge is 0.352 e. The Morgan fingerprint density at radius 3 is 2.58 bits per heavy atom. The summed E-state index contributed by atoms with van der Waals surface area (Å²) in [7, 11) is 2.03. The fraction of sp³-hybridized carbons (Fsp3) is 0.300. The SMILES string of the molecule is CC(=O)C[C@@H]1N=C(c2ccccc2)c2c(cn(C)c2C)-n2c(C)nnc21. The highest BCUT2D eigenvalue weighted by Gasteiger charge is 2.31. The number of benzene rings is 1. The minimum atomic E-state index is -0.346. The number of carbonyl (C=O) groups excluding carboxylic acids is 1. The van der Waals surface area contributed by atoms with Gasteiger partial charge in [-0.05, 0) is 20.8 Å². The third-order valence-electron chi connectivity index (χ3n) is 4.90. The minimum Gasteiger partial charge on any atom is -0.352 e. The van der Waals surface area contributed by atoms with Crippen LogP contribution in [0.3, 0.4) is 0 Å². The zero-order chi connectivity index (χ0) is 18.4. The summed E-state index contributed by atoms with van der Waals surface area (Å²) in [6, 6.07) is 9.77. The van der Waals surface area contributed by atoms with Gasteiger partial charge in [-0.25, -0.2) is 0 Å². The van der Waals surface area contributed by atoms with Gasteiger partial charge in [0.1, 0.15) is 17.6 Å². The molecular formula is C20H21N5O. The molecule has 0 saturated heterocycles. The first kappa shape index (κ1) is 16.4. The van der Waals surface area contributed by atoms with E-state index in [1.54, 1.807) is 6.92 Å². The van der Waals surface area contributed by atoms with Crippen LogP contribution in [0.25, 0.3) is 5.69 Å². The quantitative estimate of drug-likeness (QED) is 0.731. The van der Waals surface area contributed by atoms with Gasteiger partial charge in [-0.2, -0.15) is 0 Å². The van der Waals surface area contributed by atoms with E-state index in [9.17, 15) is 4.79 Å². The molecule has 0 amide bonds. The third kappa shape index (κ3) is 2.49. The van der Waals surface area contributed by atoms with Gasteiger partial charge in [0.05, 0.1) is 11.4 Å². The van der Waals surface area contributed by atoms with Gasteiger partial charge in [0.2, 0.25) is 0 Å². The molecular weight excluding hydrogens is 326 g/mol. The van der Waals surface area contributed by atoms with Crippen molar-refractivity contribution in [1.82, 2.24) is 19.3 Å². The van der Waals surface area contributed by atoms with Crippen LogP contribution in [-0.4, -0.2) is 30.8 Å². The van der Waals surface area contributed by atoms with Gasteiger partial charge >= 0.3 is 0 Å². The van der Waals surface area contributed by atoms with E-state index in [-0.39, 0.29) is 11.8 Å². The molecule has 0 saturated carbocycles. The first-order valence-corrected chi connectivity index (χ1v) is 8.68. The number of fused-ring (bicyclic) bond motifs is 3. The molecule has 4 rings (SSSR count). The van der Waals surface area contributed by atoms with Crippen LogP contribution in [0, 0.1) is 13.8 Å². The fourth-order valence-corrected chi connectivity index (χ4v) is 3.56. The van der Waals surface area contributed by atoms with Crippen molar-refractivity contribution in [2.45, 2.75) is 33.2 Å². The lowest BCUT2D eigenvalue weighted by molar-refractivity contribution is -0.117. The molecule has 3 aromatic rings. The van der Waals surface area contributed by atoms with E-state index in [0.29, 0.717) is 6.42 Å². The van der Waals surface area contributed by atoms with Crippen molar-refractivity contribution in [3.8, 4) is 5.69 Å². The summed E-state index contributed by atoms with van der Waals surface area (Å²) < 4.78 is 4.13. The number of rotatable bonds is 3. The monoisotopic (exact) mass is 347 g/mol. The summed E-state index contributed by atoms with van der Waals surface area (Å²) in [5.74, 6) is 1.60. The zero-order valence-electron chi connectivity index (χ0n) is 15.4. The fourth-order valence-electron chi connectivity index (χ4n) is 3.56. The summed E-state index contributed by atoms with van der Waals surface area (Å²) in [6.45, 7) is 5.61. The highest BCUT2D eigenvalue weighted by Crippen LogP contribution is 2.34. The van der Waals surface area contributed by atoms with Crippen LogP contribution in [-0.2, 0) is 11.8 Å². The molecule has 0 unspecified atom stereocenters. The second kappa shape index (κ2) is 6.05. The highest BCUT2D eigenvalue weighted by atomic mass is 16.1. The molecule has 1 aliphatic heterocycles. The second-order valence-corrected chi connectivity index (χ2v) is 6.79. The van der Waals surface area contributed by atoms with Gasteiger partial charge in [0.15, 0.2) is 5.82 Å². The van der Waals surface area contributed by atoms with Gasteiger partial charge < -0.3 is 4.57 Å². The molecule has 6 heteroatoms. The van der Waals surface area contributed by atoms with Crippen molar-refractivity contribution < 1.29 is 4.79 Å². The van der Waals surface area contributed by atoms with E-state index in [1.807, 2.05) is 36.7 Å². The van der Waals surface area contributed by atoms with E-state index < -0.39 is 0 Å². The Balaban J connectivity index is 2.05. The van der Waals surface area contributed by atoms with E-state index in [4.69, 9.17) is 4.99 Å². The van der Waals surface area contributed by atoms with Gasteiger partial charge in [0, 0.05) is 36.5 Å². The summed E-state index contributed by atoms with van der Waals surface area (Å²) in [6.07, 6.45) is 2.39. The molecule has 0 N–H and O–H groups in total. The lowest BCUT2D eigenvalue weighted by Gasteiger charge is -2.11. The number of hydrogen-bond acceptors (Lipinski definition) is 4. The van der Waals surface area contributed by atoms with Crippen LogP contribution in [0.4, 0.5) is 0 Å². The molecule has 0 bridgehead atoms. The molecule has 0 fully saturated rings. The van der Waals surface area contributed by atoms with Crippen LogP contribution in [0.1, 0.15) is 47.9 Å². The first-order chi connectivity index (χ1) is 12.5. The average Bonchev–Trinajstić information content (AvgIpc) is 3.08. The molecule has 1 atom stereocenters. The lowest BCUT2D eigenvalue weighted by Crippen LogP contribution is -2.10. The lowest BCUT2D eigenvalue weighted by atomic mass is 10.0. The molecule has 3 heterocycles. The Kier molecular flexibility index (Phi) is 3.83. The van der Waals surface area contributed by atoms with Crippen LogP contribution in [0.5, 0.6) is 0 Å². The number of nitrogens with zero attached hydrogens (tertiary/aromatic N) is 5. The molecule has 0 aliphatic carbocycles.